The Morgan fingerprint density at radius 1 is 0.828 bits per heavy atom. The second-order valence-corrected chi connectivity index (χ2v) is 8.87. The number of rotatable bonds is 11. The second kappa shape index (κ2) is 13.0. The van der Waals surface area contributed by atoms with E-state index in [1.54, 1.807) is 6.92 Å². The number of ether oxygens (including phenoxy) is 3. The number of unbranched alkanes of at least 4 members (excludes halogenated alkanes) is 3. The summed E-state index contributed by atoms with van der Waals surface area (Å²) in [6, 6.07) is 0. The minimum Gasteiger partial charge on any atom is -0.469 e. The van der Waals surface area contributed by atoms with Crippen LogP contribution in [0.15, 0.2) is 12.2 Å². The highest BCUT2D eigenvalue weighted by atomic mass is 16.5. The lowest BCUT2D eigenvalue weighted by molar-refractivity contribution is -0.147. The maximum Gasteiger partial charge on any atom is 0.333 e. The Morgan fingerprint density at radius 3 is 1.93 bits per heavy atom. The molecule has 0 unspecified atom stereocenters. The Hall–Kier alpha value is -1.36. The fourth-order valence-electron chi connectivity index (χ4n) is 4.82. The van der Waals surface area contributed by atoms with Gasteiger partial charge in [-0.1, -0.05) is 13.0 Å². The van der Waals surface area contributed by atoms with Crippen LogP contribution in [0.25, 0.3) is 0 Å². The van der Waals surface area contributed by atoms with E-state index in [4.69, 9.17) is 14.2 Å². The molecule has 0 bridgehead atoms. The van der Waals surface area contributed by atoms with Crippen molar-refractivity contribution >= 4 is 11.9 Å². The van der Waals surface area contributed by atoms with Gasteiger partial charge in [0.1, 0.15) is 0 Å². The normalized spacial score (nSPS) is 27.2. The van der Waals surface area contributed by atoms with Crippen LogP contribution in [0, 0.1) is 17.8 Å². The van der Waals surface area contributed by atoms with E-state index in [1.807, 2.05) is 0 Å². The fourth-order valence-corrected chi connectivity index (χ4v) is 4.82. The van der Waals surface area contributed by atoms with E-state index in [2.05, 4.69) is 6.58 Å². The van der Waals surface area contributed by atoms with E-state index in [0.29, 0.717) is 18.3 Å². The third kappa shape index (κ3) is 8.49. The van der Waals surface area contributed by atoms with Gasteiger partial charge in [-0.3, -0.25) is 4.79 Å². The van der Waals surface area contributed by atoms with Crippen molar-refractivity contribution in [1.82, 2.24) is 0 Å². The van der Waals surface area contributed by atoms with Crippen LogP contribution in [-0.2, 0) is 23.8 Å². The molecule has 0 radical (unpaired) electrons. The smallest absolute Gasteiger partial charge is 0.333 e. The minimum atomic E-state index is -0.291. The summed E-state index contributed by atoms with van der Waals surface area (Å²) in [5.74, 6) is 1.43. The number of carbonyl (C=O) groups excluding carboxylic acids is 2. The van der Waals surface area contributed by atoms with Gasteiger partial charge in [0.25, 0.3) is 0 Å². The van der Waals surface area contributed by atoms with Crippen LogP contribution in [0.3, 0.4) is 0 Å². The zero-order valence-electron chi connectivity index (χ0n) is 18.5. The van der Waals surface area contributed by atoms with Crippen LogP contribution >= 0.6 is 0 Å². The summed E-state index contributed by atoms with van der Waals surface area (Å²) in [6.07, 6.45) is 13.8. The lowest BCUT2D eigenvalue weighted by atomic mass is 9.70. The molecule has 0 amide bonds. The van der Waals surface area contributed by atoms with Crippen LogP contribution in [-0.4, -0.2) is 38.4 Å². The number of esters is 2. The average Bonchev–Trinajstić information content (AvgIpc) is 2.75. The molecule has 0 aromatic rings. The monoisotopic (exact) mass is 408 g/mol. The molecule has 0 aromatic heterocycles. The van der Waals surface area contributed by atoms with Gasteiger partial charge in [0, 0.05) is 12.2 Å². The van der Waals surface area contributed by atoms with Gasteiger partial charge >= 0.3 is 11.9 Å². The highest BCUT2D eigenvalue weighted by Crippen LogP contribution is 2.40. The highest BCUT2D eigenvalue weighted by molar-refractivity contribution is 5.86. The first-order valence-electron chi connectivity index (χ1n) is 11.5. The first-order valence-corrected chi connectivity index (χ1v) is 11.5. The molecule has 5 nitrogen and oxygen atoms in total. The van der Waals surface area contributed by atoms with Crippen molar-refractivity contribution in [1.29, 1.82) is 0 Å². The first-order chi connectivity index (χ1) is 14.0. The molecule has 2 aliphatic carbocycles. The van der Waals surface area contributed by atoms with Gasteiger partial charge in [-0.15, -0.1) is 0 Å². The van der Waals surface area contributed by atoms with Crippen LogP contribution in [0.1, 0.15) is 84.0 Å². The molecule has 2 saturated carbocycles. The van der Waals surface area contributed by atoms with Gasteiger partial charge in [-0.2, -0.15) is 0 Å². The predicted molar refractivity (Wildman–Crippen MR) is 113 cm³/mol. The molecule has 5 heteroatoms. The summed E-state index contributed by atoms with van der Waals surface area (Å²) in [4.78, 5) is 23.0. The maximum atomic E-state index is 11.7. The van der Waals surface area contributed by atoms with Crippen molar-refractivity contribution in [2.75, 3.05) is 20.3 Å². The van der Waals surface area contributed by atoms with Crippen molar-refractivity contribution < 1.29 is 23.8 Å². The predicted octanol–water partition coefficient (Wildman–Crippen LogP) is 5.22. The third-order valence-electron chi connectivity index (χ3n) is 6.67. The van der Waals surface area contributed by atoms with Crippen LogP contribution in [0.4, 0.5) is 0 Å². The number of methoxy groups -OCH3 is 1. The van der Waals surface area contributed by atoms with Gasteiger partial charge in [-0.05, 0) is 89.4 Å². The molecule has 0 atom stereocenters. The molecule has 0 heterocycles. The average molecular weight is 409 g/mol. The summed E-state index contributed by atoms with van der Waals surface area (Å²) in [7, 11) is 1.50. The number of hydrogen-bond donors (Lipinski definition) is 0. The summed E-state index contributed by atoms with van der Waals surface area (Å²) < 4.78 is 16.1. The van der Waals surface area contributed by atoms with Gasteiger partial charge < -0.3 is 14.2 Å². The van der Waals surface area contributed by atoms with E-state index in [0.717, 1.165) is 57.0 Å². The molecule has 0 N–H and O–H groups in total. The molecule has 0 spiro atoms. The standard InChI is InChI=1S/C24H40O5/c1-18(2)23(25)29-17-7-5-4-6-16-28-22-14-12-20(13-15-22)19-8-10-21(11-9-19)24(26)27-3/h19-22H,1,4-17H2,2-3H3. The molecule has 2 aliphatic rings. The van der Waals surface area contributed by atoms with E-state index in [1.165, 1.54) is 45.6 Å². The molecule has 0 aromatic carbocycles. The Bertz CT molecular complexity index is 513. The first kappa shape index (κ1) is 23.9. The van der Waals surface area contributed by atoms with Crippen molar-refractivity contribution in [2.24, 2.45) is 17.8 Å². The van der Waals surface area contributed by atoms with Gasteiger partial charge in [0.05, 0.1) is 25.7 Å². The van der Waals surface area contributed by atoms with Crippen LogP contribution < -0.4 is 0 Å². The lowest BCUT2D eigenvalue weighted by Crippen LogP contribution is -2.30. The quantitative estimate of drug-likeness (QED) is 0.266. The zero-order chi connectivity index (χ0) is 21.1. The molecule has 2 rings (SSSR count). The van der Waals surface area contributed by atoms with Crippen molar-refractivity contribution in [3.05, 3.63) is 12.2 Å². The number of hydrogen-bond acceptors (Lipinski definition) is 5. The molecule has 2 fully saturated rings. The summed E-state index contributed by atoms with van der Waals surface area (Å²) in [6.45, 7) is 6.57. The van der Waals surface area contributed by atoms with E-state index in [-0.39, 0.29) is 17.9 Å². The molecule has 166 valence electrons. The van der Waals surface area contributed by atoms with E-state index in [9.17, 15) is 9.59 Å². The van der Waals surface area contributed by atoms with E-state index >= 15 is 0 Å². The number of carbonyl (C=O) groups is 2. The fraction of sp³-hybridized carbons (Fsp3) is 0.833. The summed E-state index contributed by atoms with van der Waals surface area (Å²) >= 11 is 0. The SMILES string of the molecule is C=C(C)C(=O)OCCCCCCOC1CCC(C2CCC(C(=O)OC)CC2)CC1. The lowest BCUT2D eigenvalue weighted by Gasteiger charge is -2.37. The Morgan fingerprint density at radius 2 is 1.38 bits per heavy atom. The highest BCUT2D eigenvalue weighted by Gasteiger charge is 2.33. The Kier molecular flexibility index (Phi) is 10.8. The van der Waals surface area contributed by atoms with Gasteiger partial charge in [0.2, 0.25) is 0 Å². The summed E-state index contributed by atoms with van der Waals surface area (Å²) in [5.41, 5.74) is 0.460. The van der Waals surface area contributed by atoms with Crippen molar-refractivity contribution in [3.8, 4) is 0 Å². The largest absolute Gasteiger partial charge is 0.469 e. The van der Waals surface area contributed by atoms with Gasteiger partial charge in [0.15, 0.2) is 0 Å². The van der Waals surface area contributed by atoms with Crippen molar-refractivity contribution in [2.45, 2.75) is 90.1 Å². The molecular weight excluding hydrogens is 368 g/mol. The zero-order valence-corrected chi connectivity index (χ0v) is 18.5. The minimum absolute atomic E-state index is 0.0200. The van der Waals surface area contributed by atoms with Crippen LogP contribution in [0.2, 0.25) is 0 Å². The van der Waals surface area contributed by atoms with E-state index < -0.39 is 0 Å². The Labute approximate surface area is 176 Å². The summed E-state index contributed by atoms with van der Waals surface area (Å²) in [5, 5.41) is 0. The topological polar surface area (TPSA) is 61.8 Å². The molecule has 0 saturated heterocycles. The second-order valence-electron chi connectivity index (χ2n) is 8.87. The van der Waals surface area contributed by atoms with Gasteiger partial charge in [-0.25, -0.2) is 4.79 Å². The maximum absolute atomic E-state index is 11.7. The molecule has 29 heavy (non-hydrogen) atoms. The Balaban J connectivity index is 1.47. The van der Waals surface area contributed by atoms with Crippen molar-refractivity contribution in [3.63, 3.8) is 0 Å². The molecule has 0 aliphatic heterocycles. The third-order valence-corrected chi connectivity index (χ3v) is 6.67. The van der Waals surface area contributed by atoms with Crippen LogP contribution in [0.5, 0.6) is 0 Å². The molecular formula is C24H40O5.